The highest BCUT2D eigenvalue weighted by atomic mass is 19.1. The summed E-state index contributed by atoms with van der Waals surface area (Å²) in [5, 5.41) is 3.86. The Labute approximate surface area is 155 Å². The number of amides is 1. The molecule has 1 aromatic heterocycles. The monoisotopic (exact) mass is 367 g/mol. The molecule has 1 amide bonds. The number of hydrogen-bond acceptors (Lipinski definition) is 5. The van der Waals surface area contributed by atoms with Crippen LogP contribution < -0.4 is 4.74 Å². The Kier molecular flexibility index (Phi) is 4.82. The van der Waals surface area contributed by atoms with Crippen molar-refractivity contribution in [3.63, 3.8) is 0 Å². The van der Waals surface area contributed by atoms with E-state index in [1.807, 2.05) is 18.2 Å². The number of nitrogens with zero attached hydrogens (tertiary/aromatic N) is 3. The van der Waals surface area contributed by atoms with E-state index >= 15 is 0 Å². The lowest BCUT2D eigenvalue weighted by atomic mass is 9.97. The Hall–Kier alpha value is -3.22. The first kappa shape index (κ1) is 17.2. The minimum Gasteiger partial charge on any atom is -0.422 e. The molecule has 0 aliphatic carbocycles. The first-order chi connectivity index (χ1) is 13.2. The van der Waals surface area contributed by atoms with Gasteiger partial charge in [-0.3, -0.25) is 4.79 Å². The smallest absolute Gasteiger partial charge is 0.359 e. The van der Waals surface area contributed by atoms with Crippen LogP contribution in [0.4, 0.5) is 4.39 Å². The van der Waals surface area contributed by atoms with E-state index in [-0.39, 0.29) is 17.8 Å². The molecular weight excluding hydrogens is 349 g/mol. The van der Waals surface area contributed by atoms with Crippen molar-refractivity contribution in [3.05, 3.63) is 71.9 Å². The van der Waals surface area contributed by atoms with Gasteiger partial charge in [0.15, 0.2) is 0 Å². The van der Waals surface area contributed by atoms with Crippen molar-refractivity contribution in [2.45, 2.75) is 18.8 Å². The van der Waals surface area contributed by atoms with E-state index in [1.165, 1.54) is 18.2 Å². The molecule has 2 heterocycles. The van der Waals surface area contributed by atoms with Crippen LogP contribution in [-0.4, -0.2) is 34.0 Å². The van der Waals surface area contributed by atoms with Crippen LogP contribution in [0.5, 0.6) is 11.8 Å². The highest BCUT2D eigenvalue weighted by Crippen LogP contribution is 2.28. The highest BCUT2D eigenvalue weighted by molar-refractivity contribution is 5.94. The lowest BCUT2D eigenvalue weighted by Gasteiger charge is -2.31. The number of para-hydroxylation sites is 1. The Morgan fingerprint density at radius 3 is 2.85 bits per heavy atom. The summed E-state index contributed by atoms with van der Waals surface area (Å²) in [7, 11) is 0. The number of benzene rings is 2. The van der Waals surface area contributed by atoms with Gasteiger partial charge < -0.3 is 14.2 Å². The maximum absolute atomic E-state index is 13.4. The van der Waals surface area contributed by atoms with Crippen LogP contribution in [0.1, 0.15) is 35.0 Å². The van der Waals surface area contributed by atoms with Gasteiger partial charge in [0.1, 0.15) is 11.6 Å². The van der Waals surface area contributed by atoms with Gasteiger partial charge in [-0.2, -0.15) is 4.98 Å². The number of likely N-dealkylation sites (tertiary alicyclic amines) is 1. The van der Waals surface area contributed by atoms with E-state index in [2.05, 4.69) is 10.1 Å². The van der Waals surface area contributed by atoms with Gasteiger partial charge in [0.05, 0.1) is 5.92 Å². The molecule has 4 rings (SSSR count). The Morgan fingerprint density at radius 2 is 2.04 bits per heavy atom. The fraction of sp³-hybridized carbons (Fsp3) is 0.250. The van der Waals surface area contributed by atoms with Crippen molar-refractivity contribution in [3.8, 4) is 11.8 Å². The number of ether oxygens (including phenoxy) is 1. The van der Waals surface area contributed by atoms with Gasteiger partial charge in [-0.15, -0.1) is 0 Å². The van der Waals surface area contributed by atoms with Crippen molar-refractivity contribution < 1.29 is 18.4 Å². The maximum Gasteiger partial charge on any atom is 0.359 e. The molecule has 7 heteroatoms. The minimum atomic E-state index is -0.422. The summed E-state index contributed by atoms with van der Waals surface area (Å²) in [6.07, 6.45) is 1.64. The molecule has 0 spiro atoms. The number of carbonyl (C=O) groups excluding carboxylic acids is 1. The van der Waals surface area contributed by atoms with Crippen LogP contribution in [0.2, 0.25) is 0 Å². The fourth-order valence-electron chi connectivity index (χ4n) is 3.19. The largest absolute Gasteiger partial charge is 0.422 e. The molecule has 0 radical (unpaired) electrons. The minimum absolute atomic E-state index is 0.0723. The first-order valence-electron chi connectivity index (χ1n) is 8.80. The third kappa shape index (κ3) is 3.97. The predicted octanol–water partition coefficient (Wildman–Crippen LogP) is 4.02. The number of halogens is 1. The van der Waals surface area contributed by atoms with Crippen LogP contribution in [-0.2, 0) is 0 Å². The second kappa shape index (κ2) is 7.57. The lowest BCUT2D eigenvalue weighted by Crippen LogP contribution is -2.39. The van der Waals surface area contributed by atoms with Crippen molar-refractivity contribution in [1.29, 1.82) is 0 Å². The average Bonchev–Trinajstić information content (AvgIpc) is 3.17. The molecule has 0 saturated carbocycles. The second-order valence-corrected chi connectivity index (χ2v) is 6.43. The van der Waals surface area contributed by atoms with E-state index in [9.17, 15) is 9.18 Å². The highest BCUT2D eigenvalue weighted by Gasteiger charge is 2.29. The summed E-state index contributed by atoms with van der Waals surface area (Å²) in [5.74, 6) is 0.374. The van der Waals surface area contributed by atoms with Gasteiger partial charge in [-0.05, 0) is 48.3 Å². The molecule has 1 atom stereocenters. The van der Waals surface area contributed by atoms with Gasteiger partial charge in [0.25, 0.3) is 5.91 Å². The van der Waals surface area contributed by atoms with Crippen LogP contribution >= 0.6 is 0 Å². The van der Waals surface area contributed by atoms with Crippen LogP contribution in [0, 0.1) is 5.82 Å². The molecule has 0 bridgehead atoms. The molecule has 1 aliphatic rings. The number of aromatic nitrogens is 2. The van der Waals surface area contributed by atoms with E-state index < -0.39 is 5.82 Å². The number of carbonyl (C=O) groups is 1. The molecule has 1 saturated heterocycles. The summed E-state index contributed by atoms with van der Waals surface area (Å²) < 4.78 is 24.3. The molecule has 1 aliphatic heterocycles. The molecule has 2 aromatic carbocycles. The first-order valence-corrected chi connectivity index (χ1v) is 8.80. The van der Waals surface area contributed by atoms with E-state index in [1.54, 1.807) is 23.1 Å². The normalized spacial score (nSPS) is 16.9. The standard InChI is InChI=1S/C20H18FN3O3/c21-16-8-4-6-14(12-16)19(25)24-11-5-7-15(13-24)18-22-20(23-27-18)26-17-9-2-1-3-10-17/h1-4,6,8-10,12,15H,5,7,11,13H2. The number of rotatable bonds is 4. The summed E-state index contributed by atoms with van der Waals surface area (Å²) in [5.41, 5.74) is 0.342. The molecule has 0 N–H and O–H groups in total. The third-order valence-electron chi connectivity index (χ3n) is 4.50. The zero-order chi connectivity index (χ0) is 18.6. The molecule has 3 aromatic rings. The predicted molar refractivity (Wildman–Crippen MR) is 95.1 cm³/mol. The van der Waals surface area contributed by atoms with Gasteiger partial charge in [-0.1, -0.05) is 24.3 Å². The topological polar surface area (TPSA) is 68.5 Å². The zero-order valence-corrected chi connectivity index (χ0v) is 14.5. The molecule has 1 unspecified atom stereocenters. The van der Waals surface area contributed by atoms with Crippen molar-refractivity contribution in [2.75, 3.05) is 13.1 Å². The van der Waals surface area contributed by atoms with Crippen LogP contribution in [0.15, 0.2) is 59.1 Å². The van der Waals surface area contributed by atoms with Crippen molar-refractivity contribution in [1.82, 2.24) is 15.0 Å². The summed E-state index contributed by atoms with van der Waals surface area (Å²) >= 11 is 0. The van der Waals surface area contributed by atoms with Crippen LogP contribution in [0.25, 0.3) is 0 Å². The maximum atomic E-state index is 13.4. The van der Waals surface area contributed by atoms with E-state index in [0.717, 1.165) is 12.8 Å². The van der Waals surface area contributed by atoms with Gasteiger partial charge in [0.2, 0.25) is 5.89 Å². The summed E-state index contributed by atoms with van der Waals surface area (Å²) in [6.45, 7) is 1.07. The molecule has 1 fully saturated rings. The number of piperidine rings is 1. The van der Waals surface area contributed by atoms with Gasteiger partial charge in [-0.25, -0.2) is 4.39 Å². The Morgan fingerprint density at radius 1 is 1.19 bits per heavy atom. The van der Waals surface area contributed by atoms with Crippen LogP contribution in [0.3, 0.4) is 0 Å². The van der Waals surface area contributed by atoms with E-state index in [0.29, 0.717) is 30.3 Å². The Balaban J connectivity index is 1.45. The SMILES string of the molecule is O=C(c1cccc(F)c1)N1CCCC(c2nc(Oc3ccccc3)no2)C1. The number of hydrogen-bond donors (Lipinski definition) is 0. The molecular formula is C20H18FN3O3. The summed E-state index contributed by atoms with van der Waals surface area (Å²) in [4.78, 5) is 18.7. The van der Waals surface area contributed by atoms with E-state index in [4.69, 9.17) is 9.26 Å². The van der Waals surface area contributed by atoms with Crippen molar-refractivity contribution in [2.24, 2.45) is 0 Å². The molecule has 27 heavy (non-hydrogen) atoms. The average molecular weight is 367 g/mol. The second-order valence-electron chi connectivity index (χ2n) is 6.43. The molecule has 138 valence electrons. The lowest BCUT2D eigenvalue weighted by molar-refractivity contribution is 0.0695. The Bertz CT molecular complexity index is 929. The molecule has 6 nitrogen and oxygen atoms in total. The summed E-state index contributed by atoms with van der Waals surface area (Å²) in [6, 6.07) is 15.1. The zero-order valence-electron chi connectivity index (χ0n) is 14.5. The fourth-order valence-corrected chi connectivity index (χ4v) is 3.19. The van der Waals surface area contributed by atoms with Gasteiger partial charge in [0, 0.05) is 18.7 Å². The quantitative estimate of drug-likeness (QED) is 0.697. The third-order valence-corrected chi connectivity index (χ3v) is 4.50. The van der Waals surface area contributed by atoms with Gasteiger partial charge >= 0.3 is 6.01 Å². The van der Waals surface area contributed by atoms with Crippen molar-refractivity contribution >= 4 is 5.91 Å².